The standard InChI is InChI=1S/C19H21NO2/c21-19(20-13-16-10-11-22-14-16)12-15-6-8-18(9-7-15)17-4-2-1-3-5-17/h1-9,16H,10-14H2,(H,20,21)/t16-/m0/s1. The number of rotatable bonds is 5. The number of nitrogens with one attached hydrogen (secondary N) is 1. The van der Waals surface area contributed by atoms with E-state index in [4.69, 9.17) is 4.74 Å². The van der Waals surface area contributed by atoms with Gasteiger partial charge in [0.05, 0.1) is 13.0 Å². The second kappa shape index (κ2) is 7.23. The van der Waals surface area contributed by atoms with Gasteiger partial charge in [-0.1, -0.05) is 54.6 Å². The van der Waals surface area contributed by atoms with E-state index in [2.05, 4.69) is 29.6 Å². The fourth-order valence-corrected chi connectivity index (χ4v) is 2.70. The van der Waals surface area contributed by atoms with Crippen LogP contribution < -0.4 is 5.32 Å². The van der Waals surface area contributed by atoms with Crippen LogP contribution in [0.4, 0.5) is 0 Å². The molecule has 2 aromatic carbocycles. The lowest BCUT2D eigenvalue weighted by molar-refractivity contribution is -0.120. The summed E-state index contributed by atoms with van der Waals surface area (Å²) < 4.78 is 5.31. The topological polar surface area (TPSA) is 38.3 Å². The predicted molar refractivity (Wildman–Crippen MR) is 87.5 cm³/mol. The molecule has 1 amide bonds. The number of hydrogen-bond acceptors (Lipinski definition) is 2. The molecule has 3 heteroatoms. The van der Waals surface area contributed by atoms with E-state index in [9.17, 15) is 4.79 Å². The highest BCUT2D eigenvalue weighted by Crippen LogP contribution is 2.19. The molecule has 1 heterocycles. The van der Waals surface area contributed by atoms with E-state index in [0.29, 0.717) is 12.3 Å². The smallest absolute Gasteiger partial charge is 0.224 e. The highest BCUT2D eigenvalue weighted by molar-refractivity contribution is 5.78. The fourth-order valence-electron chi connectivity index (χ4n) is 2.70. The third-order valence-corrected chi connectivity index (χ3v) is 4.04. The zero-order valence-electron chi connectivity index (χ0n) is 12.6. The number of ether oxygens (including phenoxy) is 1. The zero-order chi connectivity index (χ0) is 15.2. The maximum Gasteiger partial charge on any atom is 0.224 e. The number of amides is 1. The molecule has 1 saturated heterocycles. The minimum Gasteiger partial charge on any atom is -0.381 e. The minimum absolute atomic E-state index is 0.0827. The molecule has 1 fully saturated rings. The predicted octanol–water partition coefficient (Wildman–Crippen LogP) is 3.05. The minimum atomic E-state index is 0.0827. The summed E-state index contributed by atoms with van der Waals surface area (Å²) >= 11 is 0. The van der Waals surface area contributed by atoms with Crippen LogP contribution in [0.25, 0.3) is 11.1 Å². The van der Waals surface area contributed by atoms with Crippen LogP contribution in [0.5, 0.6) is 0 Å². The Balaban J connectivity index is 1.53. The van der Waals surface area contributed by atoms with Crippen LogP contribution in [0.15, 0.2) is 54.6 Å². The molecular formula is C19H21NO2. The summed E-state index contributed by atoms with van der Waals surface area (Å²) in [6, 6.07) is 18.5. The zero-order valence-corrected chi connectivity index (χ0v) is 12.6. The third-order valence-electron chi connectivity index (χ3n) is 4.04. The van der Waals surface area contributed by atoms with E-state index < -0.39 is 0 Å². The highest BCUT2D eigenvalue weighted by Gasteiger charge is 2.16. The Bertz CT molecular complexity index is 601. The van der Waals surface area contributed by atoms with Gasteiger partial charge in [0.15, 0.2) is 0 Å². The van der Waals surface area contributed by atoms with E-state index in [1.54, 1.807) is 0 Å². The quantitative estimate of drug-likeness (QED) is 0.920. The van der Waals surface area contributed by atoms with Gasteiger partial charge in [0.2, 0.25) is 5.91 Å². The van der Waals surface area contributed by atoms with Crippen LogP contribution in [0, 0.1) is 5.92 Å². The molecule has 3 rings (SSSR count). The molecule has 22 heavy (non-hydrogen) atoms. The van der Waals surface area contributed by atoms with Crippen LogP contribution in [0.3, 0.4) is 0 Å². The molecule has 0 saturated carbocycles. The number of carbonyl (C=O) groups is 1. The Morgan fingerprint density at radius 2 is 1.77 bits per heavy atom. The monoisotopic (exact) mass is 295 g/mol. The summed E-state index contributed by atoms with van der Waals surface area (Å²) in [5.74, 6) is 0.559. The molecular weight excluding hydrogens is 274 g/mol. The average molecular weight is 295 g/mol. The average Bonchev–Trinajstić information content (AvgIpc) is 3.08. The summed E-state index contributed by atoms with van der Waals surface area (Å²) in [4.78, 5) is 12.0. The van der Waals surface area contributed by atoms with Gasteiger partial charge in [-0.25, -0.2) is 0 Å². The van der Waals surface area contributed by atoms with E-state index in [1.807, 2.05) is 30.3 Å². The second-order valence-electron chi connectivity index (χ2n) is 5.77. The van der Waals surface area contributed by atoms with Gasteiger partial charge < -0.3 is 10.1 Å². The van der Waals surface area contributed by atoms with Crippen LogP contribution in [-0.4, -0.2) is 25.7 Å². The first kappa shape index (κ1) is 14.8. The maximum absolute atomic E-state index is 12.0. The molecule has 1 aliphatic heterocycles. The fraction of sp³-hybridized carbons (Fsp3) is 0.316. The summed E-state index contributed by atoms with van der Waals surface area (Å²) in [7, 11) is 0. The van der Waals surface area contributed by atoms with Gasteiger partial charge in [0.1, 0.15) is 0 Å². The lowest BCUT2D eigenvalue weighted by Gasteiger charge is -2.10. The van der Waals surface area contributed by atoms with Gasteiger partial charge in [-0.15, -0.1) is 0 Å². The first-order chi connectivity index (χ1) is 10.8. The third kappa shape index (κ3) is 3.95. The molecule has 0 aliphatic carbocycles. The molecule has 3 nitrogen and oxygen atoms in total. The van der Waals surface area contributed by atoms with Crippen molar-refractivity contribution >= 4 is 5.91 Å². The highest BCUT2D eigenvalue weighted by atomic mass is 16.5. The lowest BCUT2D eigenvalue weighted by Crippen LogP contribution is -2.30. The molecule has 0 bridgehead atoms. The van der Waals surface area contributed by atoms with Crippen molar-refractivity contribution in [2.75, 3.05) is 19.8 Å². The Morgan fingerprint density at radius 3 is 2.45 bits per heavy atom. The van der Waals surface area contributed by atoms with E-state index in [1.165, 1.54) is 11.1 Å². The molecule has 0 unspecified atom stereocenters. The number of benzene rings is 2. The molecule has 1 atom stereocenters. The van der Waals surface area contributed by atoms with Crippen molar-refractivity contribution in [2.24, 2.45) is 5.92 Å². The molecule has 0 spiro atoms. The maximum atomic E-state index is 12.0. The summed E-state index contributed by atoms with van der Waals surface area (Å²) in [6.45, 7) is 2.31. The van der Waals surface area contributed by atoms with E-state index in [0.717, 1.165) is 31.7 Å². The van der Waals surface area contributed by atoms with Gasteiger partial charge in [-0.2, -0.15) is 0 Å². The molecule has 0 radical (unpaired) electrons. The molecule has 114 valence electrons. The van der Waals surface area contributed by atoms with Gasteiger partial charge in [-0.3, -0.25) is 4.79 Å². The first-order valence-electron chi connectivity index (χ1n) is 7.80. The summed E-state index contributed by atoms with van der Waals surface area (Å²) in [6.07, 6.45) is 1.48. The van der Waals surface area contributed by atoms with Crippen LogP contribution in [0.2, 0.25) is 0 Å². The van der Waals surface area contributed by atoms with Crippen LogP contribution in [0.1, 0.15) is 12.0 Å². The molecule has 1 N–H and O–H groups in total. The molecule has 2 aromatic rings. The van der Waals surface area contributed by atoms with E-state index in [-0.39, 0.29) is 5.91 Å². The SMILES string of the molecule is O=C(Cc1ccc(-c2ccccc2)cc1)NC[C@@H]1CCOC1. The van der Waals surface area contributed by atoms with Crippen LogP contribution in [-0.2, 0) is 16.0 Å². The summed E-state index contributed by atoms with van der Waals surface area (Å²) in [5, 5.41) is 3.00. The van der Waals surface area contributed by atoms with Crippen molar-refractivity contribution in [3.63, 3.8) is 0 Å². The van der Waals surface area contributed by atoms with E-state index >= 15 is 0 Å². The van der Waals surface area contributed by atoms with Crippen molar-refractivity contribution in [2.45, 2.75) is 12.8 Å². The Labute approximate surface area is 131 Å². The Kier molecular flexibility index (Phi) is 4.86. The van der Waals surface area contributed by atoms with Crippen LogP contribution >= 0.6 is 0 Å². The first-order valence-corrected chi connectivity index (χ1v) is 7.80. The summed E-state index contributed by atoms with van der Waals surface area (Å²) in [5.41, 5.74) is 3.41. The van der Waals surface area contributed by atoms with Crippen molar-refractivity contribution in [1.29, 1.82) is 0 Å². The molecule has 0 aromatic heterocycles. The largest absolute Gasteiger partial charge is 0.381 e. The van der Waals surface area contributed by atoms with Crippen molar-refractivity contribution < 1.29 is 9.53 Å². The Hall–Kier alpha value is -2.13. The number of hydrogen-bond donors (Lipinski definition) is 1. The lowest BCUT2D eigenvalue weighted by atomic mass is 10.0. The Morgan fingerprint density at radius 1 is 1.05 bits per heavy atom. The van der Waals surface area contributed by atoms with Crippen molar-refractivity contribution in [3.8, 4) is 11.1 Å². The van der Waals surface area contributed by atoms with Gasteiger partial charge in [-0.05, 0) is 23.1 Å². The second-order valence-corrected chi connectivity index (χ2v) is 5.77. The van der Waals surface area contributed by atoms with Gasteiger partial charge in [0.25, 0.3) is 0 Å². The molecule has 1 aliphatic rings. The van der Waals surface area contributed by atoms with Gasteiger partial charge in [0, 0.05) is 19.1 Å². The van der Waals surface area contributed by atoms with Crippen molar-refractivity contribution in [3.05, 3.63) is 60.2 Å². The van der Waals surface area contributed by atoms with Gasteiger partial charge >= 0.3 is 0 Å². The van der Waals surface area contributed by atoms with Crippen molar-refractivity contribution in [1.82, 2.24) is 5.32 Å². The normalized spacial score (nSPS) is 17.4. The number of carbonyl (C=O) groups excluding carboxylic acids is 1.